The SMILES string of the molecule is S=c1[nH]cc(-c2ccccc2)n1C1CCC1. The Balaban J connectivity index is 2.11. The van der Waals surface area contributed by atoms with E-state index in [1.807, 2.05) is 12.3 Å². The molecule has 1 aliphatic rings. The predicted molar refractivity (Wildman–Crippen MR) is 67.9 cm³/mol. The zero-order valence-corrected chi connectivity index (χ0v) is 9.83. The maximum Gasteiger partial charge on any atom is 0.177 e. The molecule has 82 valence electrons. The number of H-pyrrole nitrogens is 1. The predicted octanol–water partition coefficient (Wildman–Crippen LogP) is 3.94. The lowest BCUT2D eigenvalue weighted by Crippen LogP contribution is -2.17. The van der Waals surface area contributed by atoms with E-state index in [1.54, 1.807) is 0 Å². The van der Waals surface area contributed by atoms with Crippen LogP contribution in [0.1, 0.15) is 25.3 Å². The summed E-state index contributed by atoms with van der Waals surface area (Å²) in [5.74, 6) is 0. The summed E-state index contributed by atoms with van der Waals surface area (Å²) in [6.45, 7) is 0. The zero-order valence-electron chi connectivity index (χ0n) is 9.02. The summed E-state index contributed by atoms with van der Waals surface area (Å²) in [6, 6.07) is 11.0. The summed E-state index contributed by atoms with van der Waals surface area (Å²) in [5, 5.41) is 0. The lowest BCUT2D eigenvalue weighted by molar-refractivity contribution is 0.313. The van der Waals surface area contributed by atoms with Gasteiger partial charge < -0.3 is 9.55 Å². The Kier molecular flexibility index (Phi) is 2.40. The Hall–Kier alpha value is -1.35. The molecular formula is C13H14N2S. The van der Waals surface area contributed by atoms with E-state index in [0.29, 0.717) is 6.04 Å². The van der Waals surface area contributed by atoms with Gasteiger partial charge in [-0.15, -0.1) is 0 Å². The van der Waals surface area contributed by atoms with E-state index in [1.165, 1.54) is 30.5 Å². The second-order valence-corrected chi connectivity index (χ2v) is 4.69. The molecule has 0 saturated heterocycles. The van der Waals surface area contributed by atoms with E-state index >= 15 is 0 Å². The molecule has 16 heavy (non-hydrogen) atoms. The van der Waals surface area contributed by atoms with Crippen LogP contribution < -0.4 is 0 Å². The number of aromatic nitrogens is 2. The van der Waals surface area contributed by atoms with Gasteiger partial charge >= 0.3 is 0 Å². The molecule has 2 nitrogen and oxygen atoms in total. The summed E-state index contributed by atoms with van der Waals surface area (Å²) < 4.78 is 3.12. The molecule has 0 spiro atoms. The van der Waals surface area contributed by atoms with Crippen molar-refractivity contribution in [2.24, 2.45) is 0 Å². The van der Waals surface area contributed by atoms with Crippen LogP contribution in [0.25, 0.3) is 11.3 Å². The van der Waals surface area contributed by atoms with Gasteiger partial charge in [0.1, 0.15) is 0 Å². The lowest BCUT2D eigenvalue weighted by Gasteiger charge is -2.28. The third-order valence-corrected chi connectivity index (χ3v) is 3.63. The van der Waals surface area contributed by atoms with Gasteiger partial charge in [0.05, 0.1) is 5.69 Å². The van der Waals surface area contributed by atoms with Gasteiger partial charge in [-0.25, -0.2) is 0 Å². The number of hydrogen-bond donors (Lipinski definition) is 1. The van der Waals surface area contributed by atoms with E-state index in [2.05, 4.69) is 33.8 Å². The standard InChI is InChI=1S/C13H14N2S/c16-13-14-9-12(10-5-2-1-3-6-10)15(13)11-7-4-8-11/h1-3,5-6,9,11H,4,7-8H2,(H,14,16). The smallest absolute Gasteiger partial charge is 0.177 e. The minimum Gasteiger partial charge on any atom is -0.337 e. The van der Waals surface area contributed by atoms with Crippen LogP contribution in [0.5, 0.6) is 0 Å². The van der Waals surface area contributed by atoms with Crippen molar-refractivity contribution in [2.45, 2.75) is 25.3 Å². The summed E-state index contributed by atoms with van der Waals surface area (Å²) >= 11 is 5.36. The van der Waals surface area contributed by atoms with Crippen LogP contribution >= 0.6 is 12.2 Å². The van der Waals surface area contributed by atoms with Crippen molar-refractivity contribution in [1.82, 2.24) is 9.55 Å². The highest BCUT2D eigenvalue weighted by Gasteiger charge is 2.22. The Morgan fingerprint density at radius 2 is 1.94 bits per heavy atom. The fraction of sp³-hybridized carbons (Fsp3) is 0.308. The fourth-order valence-corrected chi connectivity index (χ4v) is 2.52. The minimum atomic E-state index is 0.606. The second-order valence-electron chi connectivity index (χ2n) is 4.30. The van der Waals surface area contributed by atoms with E-state index < -0.39 is 0 Å². The van der Waals surface area contributed by atoms with Gasteiger partial charge in [-0.05, 0) is 37.0 Å². The Morgan fingerprint density at radius 3 is 2.56 bits per heavy atom. The largest absolute Gasteiger partial charge is 0.337 e. The Morgan fingerprint density at radius 1 is 1.19 bits per heavy atom. The number of benzene rings is 1. The first-order chi connectivity index (χ1) is 7.86. The van der Waals surface area contributed by atoms with E-state index in [4.69, 9.17) is 12.2 Å². The molecule has 1 aromatic heterocycles. The molecule has 0 radical (unpaired) electrons. The Bertz CT molecular complexity index is 535. The van der Waals surface area contributed by atoms with Gasteiger partial charge in [-0.2, -0.15) is 0 Å². The van der Waals surface area contributed by atoms with E-state index in [9.17, 15) is 0 Å². The van der Waals surface area contributed by atoms with Crippen molar-refractivity contribution in [2.75, 3.05) is 0 Å². The van der Waals surface area contributed by atoms with Crippen molar-refractivity contribution in [3.05, 3.63) is 41.3 Å². The van der Waals surface area contributed by atoms with Crippen molar-refractivity contribution < 1.29 is 0 Å². The molecule has 0 atom stereocenters. The minimum absolute atomic E-state index is 0.606. The Labute approximate surface area is 99.9 Å². The van der Waals surface area contributed by atoms with Gasteiger partial charge in [0.2, 0.25) is 0 Å². The summed E-state index contributed by atoms with van der Waals surface area (Å²) in [7, 11) is 0. The molecule has 1 aliphatic carbocycles. The molecule has 0 unspecified atom stereocenters. The number of rotatable bonds is 2. The highest BCUT2D eigenvalue weighted by atomic mass is 32.1. The van der Waals surface area contributed by atoms with Crippen molar-refractivity contribution in [3.63, 3.8) is 0 Å². The van der Waals surface area contributed by atoms with Crippen LogP contribution in [0, 0.1) is 4.77 Å². The summed E-state index contributed by atoms with van der Waals surface area (Å²) in [6.07, 6.45) is 5.86. The number of aromatic amines is 1. The molecule has 0 amide bonds. The first kappa shape index (κ1) is 9.85. The number of imidazole rings is 1. The third-order valence-electron chi connectivity index (χ3n) is 3.32. The number of hydrogen-bond acceptors (Lipinski definition) is 1. The molecule has 1 fully saturated rings. The van der Waals surface area contributed by atoms with Gasteiger partial charge in [0.15, 0.2) is 4.77 Å². The first-order valence-corrected chi connectivity index (χ1v) is 6.12. The molecule has 3 rings (SSSR count). The van der Waals surface area contributed by atoms with Crippen molar-refractivity contribution in [3.8, 4) is 11.3 Å². The molecule has 1 heterocycles. The molecule has 2 aromatic rings. The molecule has 1 saturated carbocycles. The maximum atomic E-state index is 5.36. The monoisotopic (exact) mass is 230 g/mol. The van der Waals surface area contributed by atoms with Gasteiger partial charge in [-0.3, -0.25) is 0 Å². The highest BCUT2D eigenvalue weighted by Crippen LogP contribution is 2.35. The molecular weight excluding hydrogens is 216 g/mol. The molecule has 1 aromatic carbocycles. The second kappa shape index (κ2) is 3.91. The molecule has 1 N–H and O–H groups in total. The normalized spacial score (nSPS) is 16.0. The van der Waals surface area contributed by atoms with Crippen LogP contribution in [-0.4, -0.2) is 9.55 Å². The van der Waals surface area contributed by atoms with Crippen LogP contribution in [0.3, 0.4) is 0 Å². The maximum absolute atomic E-state index is 5.36. The zero-order chi connectivity index (χ0) is 11.0. The average molecular weight is 230 g/mol. The number of nitrogens with zero attached hydrogens (tertiary/aromatic N) is 1. The molecule has 3 heteroatoms. The van der Waals surface area contributed by atoms with Crippen molar-refractivity contribution >= 4 is 12.2 Å². The van der Waals surface area contributed by atoms with E-state index in [-0.39, 0.29) is 0 Å². The van der Waals surface area contributed by atoms with Crippen molar-refractivity contribution in [1.29, 1.82) is 0 Å². The summed E-state index contributed by atoms with van der Waals surface area (Å²) in [4.78, 5) is 3.16. The lowest BCUT2D eigenvalue weighted by atomic mass is 9.92. The van der Waals surface area contributed by atoms with E-state index in [0.717, 1.165) is 4.77 Å². The first-order valence-electron chi connectivity index (χ1n) is 5.71. The average Bonchev–Trinajstić information content (AvgIpc) is 2.60. The number of nitrogens with one attached hydrogen (secondary N) is 1. The van der Waals surface area contributed by atoms with Gasteiger partial charge in [-0.1, -0.05) is 30.3 Å². The van der Waals surface area contributed by atoms with Gasteiger partial charge in [0.25, 0.3) is 0 Å². The van der Waals surface area contributed by atoms with Crippen LogP contribution in [0.15, 0.2) is 36.5 Å². The third kappa shape index (κ3) is 1.52. The summed E-state index contributed by atoms with van der Waals surface area (Å²) in [5.41, 5.74) is 2.46. The van der Waals surface area contributed by atoms with Crippen LogP contribution in [0.2, 0.25) is 0 Å². The van der Waals surface area contributed by atoms with Gasteiger partial charge in [0, 0.05) is 12.2 Å². The van der Waals surface area contributed by atoms with Crippen LogP contribution in [-0.2, 0) is 0 Å². The fourth-order valence-electron chi connectivity index (χ4n) is 2.22. The quantitative estimate of drug-likeness (QED) is 0.775. The van der Waals surface area contributed by atoms with Crippen LogP contribution in [0.4, 0.5) is 0 Å². The highest BCUT2D eigenvalue weighted by molar-refractivity contribution is 7.71. The molecule has 0 aliphatic heterocycles. The topological polar surface area (TPSA) is 20.7 Å². The molecule has 0 bridgehead atoms.